The van der Waals surface area contributed by atoms with Gasteiger partial charge in [-0.05, 0) is 29.9 Å². The third-order valence-corrected chi connectivity index (χ3v) is 3.84. The molecular weight excluding hydrogens is 258 g/mol. The molecule has 19 heavy (non-hydrogen) atoms. The zero-order chi connectivity index (χ0) is 13.7. The molecule has 4 heteroatoms. The second kappa shape index (κ2) is 6.50. The summed E-state index contributed by atoms with van der Waals surface area (Å²) in [6.45, 7) is 1.85. The first-order chi connectivity index (χ1) is 9.20. The molecule has 0 saturated heterocycles. The van der Waals surface area contributed by atoms with Crippen molar-refractivity contribution in [3.63, 3.8) is 0 Å². The van der Waals surface area contributed by atoms with Crippen LogP contribution in [-0.2, 0) is 6.42 Å². The van der Waals surface area contributed by atoms with E-state index in [-0.39, 0.29) is 18.6 Å². The highest BCUT2D eigenvalue weighted by Crippen LogP contribution is 2.14. The topological polar surface area (TPSA) is 49.3 Å². The van der Waals surface area contributed by atoms with Gasteiger partial charge in [0, 0.05) is 5.38 Å². The van der Waals surface area contributed by atoms with E-state index in [1.165, 1.54) is 11.3 Å². The summed E-state index contributed by atoms with van der Waals surface area (Å²) in [5.41, 5.74) is 2.76. The molecule has 1 aromatic carbocycles. The van der Waals surface area contributed by atoms with Gasteiger partial charge in [-0.25, -0.2) is 0 Å². The number of aliphatic hydroxyl groups excluding tert-OH is 1. The third kappa shape index (κ3) is 3.66. The summed E-state index contributed by atoms with van der Waals surface area (Å²) in [7, 11) is 0. The normalized spacial score (nSPS) is 12.1. The molecule has 0 aliphatic carbocycles. The van der Waals surface area contributed by atoms with E-state index in [4.69, 9.17) is 0 Å². The van der Waals surface area contributed by atoms with Crippen molar-refractivity contribution in [3.05, 3.63) is 57.8 Å². The standard InChI is InChI=1S/C15H17NO2S/c1-11-9-19-10-14(11)15(18)16-13(8-17)7-12-5-3-2-4-6-12/h2-6,9-10,13,17H,7-8H2,1H3,(H,16,18)/t13-/m1/s1. The number of carbonyl (C=O) groups is 1. The van der Waals surface area contributed by atoms with Gasteiger partial charge in [-0.15, -0.1) is 0 Å². The summed E-state index contributed by atoms with van der Waals surface area (Å²) < 4.78 is 0. The summed E-state index contributed by atoms with van der Waals surface area (Å²) in [6.07, 6.45) is 0.631. The van der Waals surface area contributed by atoms with Gasteiger partial charge in [-0.1, -0.05) is 30.3 Å². The third-order valence-electron chi connectivity index (χ3n) is 2.98. The SMILES string of the molecule is Cc1cscc1C(=O)N[C@@H](CO)Cc1ccccc1. The Morgan fingerprint density at radius 3 is 2.63 bits per heavy atom. The Morgan fingerprint density at radius 2 is 2.05 bits per heavy atom. The second-order valence-corrected chi connectivity index (χ2v) is 5.25. The fraction of sp³-hybridized carbons (Fsp3) is 0.267. The quantitative estimate of drug-likeness (QED) is 0.880. The molecule has 0 aliphatic rings. The van der Waals surface area contributed by atoms with E-state index in [0.717, 1.165) is 11.1 Å². The number of thiophene rings is 1. The molecule has 2 aromatic rings. The number of aryl methyl sites for hydroxylation is 1. The Morgan fingerprint density at radius 1 is 1.32 bits per heavy atom. The van der Waals surface area contributed by atoms with Crippen molar-refractivity contribution in [2.24, 2.45) is 0 Å². The largest absolute Gasteiger partial charge is 0.394 e. The van der Waals surface area contributed by atoms with E-state index in [1.807, 2.05) is 48.0 Å². The molecule has 2 rings (SSSR count). The Labute approximate surface area is 116 Å². The van der Waals surface area contributed by atoms with Crippen molar-refractivity contribution in [2.45, 2.75) is 19.4 Å². The predicted octanol–water partition coefficient (Wildman–Crippen LogP) is 2.39. The summed E-state index contributed by atoms with van der Waals surface area (Å²) in [5.74, 6) is -0.117. The van der Waals surface area contributed by atoms with Gasteiger partial charge in [0.25, 0.3) is 5.91 Å². The Hall–Kier alpha value is -1.65. The molecule has 0 bridgehead atoms. The zero-order valence-electron chi connectivity index (χ0n) is 10.8. The number of aliphatic hydroxyl groups is 1. The predicted molar refractivity (Wildman–Crippen MR) is 77.5 cm³/mol. The minimum atomic E-state index is -0.255. The minimum Gasteiger partial charge on any atom is -0.394 e. The maximum atomic E-state index is 12.1. The molecule has 3 nitrogen and oxygen atoms in total. The lowest BCUT2D eigenvalue weighted by Gasteiger charge is -2.16. The van der Waals surface area contributed by atoms with Crippen LogP contribution in [-0.4, -0.2) is 23.7 Å². The molecule has 0 saturated carbocycles. The van der Waals surface area contributed by atoms with E-state index in [9.17, 15) is 9.90 Å². The first kappa shape index (κ1) is 13.8. The highest BCUT2D eigenvalue weighted by molar-refractivity contribution is 7.08. The van der Waals surface area contributed by atoms with Crippen LogP contribution in [0.5, 0.6) is 0 Å². The molecule has 2 N–H and O–H groups in total. The number of nitrogens with one attached hydrogen (secondary N) is 1. The lowest BCUT2D eigenvalue weighted by atomic mass is 10.1. The molecule has 0 aliphatic heterocycles. The van der Waals surface area contributed by atoms with E-state index in [2.05, 4.69) is 5.32 Å². The first-order valence-corrected chi connectivity index (χ1v) is 7.13. The van der Waals surface area contributed by atoms with Crippen LogP contribution in [0.25, 0.3) is 0 Å². The van der Waals surface area contributed by atoms with Crippen LogP contribution >= 0.6 is 11.3 Å². The smallest absolute Gasteiger partial charge is 0.252 e. The Kier molecular flexibility index (Phi) is 4.71. The Balaban J connectivity index is 2.00. The molecule has 1 heterocycles. The molecule has 0 spiro atoms. The van der Waals surface area contributed by atoms with E-state index in [1.54, 1.807) is 0 Å². The van der Waals surface area contributed by atoms with Crippen LogP contribution in [0.3, 0.4) is 0 Å². The molecule has 0 unspecified atom stereocenters. The number of carbonyl (C=O) groups excluding carboxylic acids is 1. The van der Waals surface area contributed by atoms with Crippen LogP contribution in [0.15, 0.2) is 41.1 Å². The summed E-state index contributed by atoms with van der Waals surface area (Å²) >= 11 is 1.51. The number of benzene rings is 1. The maximum absolute atomic E-state index is 12.1. The molecule has 100 valence electrons. The van der Waals surface area contributed by atoms with Crippen LogP contribution in [0.1, 0.15) is 21.5 Å². The minimum absolute atomic E-state index is 0.0657. The highest BCUT2D eigenvalue weighted by Gasteiger charge is 2.15. The van der Waals surface area contributed by atoms with Crippen molar-refractivity contribution in [1.82, 2.24) is 5.32 Å². The molecule has 0 fully saturated rings. The van der Waals surface area contributed by atoms with Crippen LogP contribution < -0.4 is 5.32 Å². The molecular formula is C15H17NO2S. The monoisotopic (exact) mass is 275 g/mol. The van der Waals surface area contributed by atoms with Crippen molar-refractivity contribution >= 4 is 17.2 Å². The van der Waals surface area contributed by atoms with Crippen molar-refractivity contribution in [2.75, 3.05) is 6.61 Å². The van der Waals surface area contributed by atoms with Gasteiger partial charge < -0.3 is 10.4 Å². The average Bonchev–Trinajstić information content (AvgIpc) is 2.85. The molecule has 1 aromatic heterocycles. The first-order valence-electron chi connectivity index (χ1n) is 6.19. The van der Waals surface area contributed by atoms with Crippen molar-refractivity contribution in [3.8, 4) is 0 Å². The van der Waals surface area contributed by atoms with Crippen LogP contribution in [0, 0.1) is 6.92 Å². The van der Waals surface area contributed by atoms with E-state index < -0.39 is 0 Å². The number of rotatable bonds is 5. The van der Waals surface area contributed by atoms with Crippen LogP contribution in [0.2, 0.25) is 0 Å². The molecule has 0 radical (unpaired) electrons. The van der Waals surface area contributed by atoms with Gasteiger partial charge in [-0.3, -0.25) is 4.79 Å². The lowest BCUT2D eigenvalue weighted by molar-refractivity contribution is 0.0916. The van der Waals surface area contributed by atoms with Gasteiger partial charge in [0.1, 0.15) is 0 Å². The van der Waals surface area contributed by atoms with E-state index in [0.29, 0.717) is 12.0 Å². The zero-order valence-corrected chi connectivity index (χ0v) is 11.6. The molecule has 1 amide bonds. The fourth-order valence-corrected chi connectivity index (χ4v) is 2.74. The Bertz CT molecular complexity index is 536. The molecule has 1 atom stereocenters. The number of amides is 1. The van der Waals surface area contributed by atoms with Gasteiger partial charge in [-0.2, -0.15) is 11.3 Å². The summed E-state index contributed by atoms with van der Waals surface area (Å²) in [5, 5.41) is 16.0. The maximum Gasteiger partial charge on any atom is 0.252 e. The summed E-state index contributed by atoms with van der Waals surface area (Å²) in [4.78, 5) is 12.1. The second-order valence-electron chi connectivity index (χ2n) is 4.51. The van der Waals surface area contributed by atoms with Crippen LogP contribution in [0.4, 0.5) is 0 Å². The fourth-order valence-electron chi connectivity index (χ4n) is 1.92. The van der Waals surface area contributed by atoms with Gasteiger partial charge >= 0.3 is 0 Å². The van der Waals surface area contributed by atoms with Crippen molar-refractivity contribution in [1.29, 1.82) is 0 Å². The number of hydrogen-bond acceptors (Lipinski definition) is 3. The summed E-state index contributed by atoms with van der Waals surface area (Å²) in [6, 6.07) is 9.58. The lowest BCUT2D eigenvalue weighted by Crippen LogP contribution is -2.39. The number of hydrogen-bond donors (Lipinski definition) is 2. The van der Waals surface area contributed by atoms with Crippen molar-refractivity contribution < 1.29 is 9.90 Å². The highest BCUT2D eigenvalue weighted by atomic mass is 32.1. The van der Waals surface area contributed by atoms with Gasteiger partial charge in [0.2, 0.25) is 0 Å². The van der Waals surface area contributed by atoms with Gasteiger partial charge in [0.15, 0.2) is 0 Å². The van der Waals surface area contributed by atoms with E-state index >= 15 is 0 Å². The average molecular weight is 275 g/mol. The van der Waals surface area contributed by atoms with Gasteiger partial charge in [0.05, 0.1) is 18.2 Å².